The van der Waals surface area contributed by atoms with Crippen LogP contribution in [0.3, 0.4) is 0 Å². The van der Waals surface area contributed by atoms with Gasteiger partial charge in [0.15, 0.2) is 0 Å². The molecule has 3 atom stereocenters. The van der Waals surface area contributed by atoms with E-state index in [1.54, 1.807) is 0 Å². The van der Waals surface area contributed by atoms with E-state index in [1.165, 1.54) is 0 Å². The van der Waals surface area contributed by atoms with Crippen molar-refractivity contribution >= 4 is 6.29 Å². The first kappa shape index (κ1) is 6.71. The van der Waals surface area contributed by atoms with Crippen molar-refractivity contribution in [2.24, 2.45) is 5.92 Å². The lowest BCUT2D eigenvalue weighted by atomic mass is 10.0. The molecule has 1 saturated heterocycles. The van der Waals surface area contributed by atoms with Crippen molar-refractivity contribution in [2.75, 3.05) is 0 Å². The maximum absolute atomic E-state index is 10.3. The summed E-state index contributed by atoms with van der Waals surface area (Å²) < 4.78 is 0. The van der Waals surface area contributed by atoms with Gasteiger partial charge < -0.3 is 4.79 Å². The highest BCUT2D eigenvalue weighted by Crippen LogP contribution is 2.15. The molecule has 3 unspecified atom stereocenters. The first-order valence-corrected chi connectivity index (χ1v) is 3.12. The van der Waals surface area contributed by atoms with Gasteiger partial charge in [-0.25, -0.2) is 0 Å². The number of hydroxylamine groups is 1. The van der Waals surface area contributed by atoms with Gasteiger partial charge in [-0.3, -0.25) is 4.84 Å². The predicted molar refractivity (Wildman–Crippen MR) is 32.7 cm³/mol. The van der Waals surface area contributed by atoms with Crippen LogP contribution in [0.2, 0.25) is 0 Å². The van der Waals surface area contributed by atoms with E-state index < -0.39 is 0 Å². The lowest BCUT2D eigenvalue weighted by Crippen LogP contribution is -2.24. The van der Waals surface area contributed by atoms with E-state index >= 15 is 0 Å². The van der Waals surface area contributed by atoms with Gasteiger partial charge in [0.25, 0.3) is 0 Å². The molecule has 9 heavy (non-hydrogen) atoms. The van der Waals surface area contributed by atoms with Crippen molar-refractivity contribution in [3.05, 3.63) is 0 Å². The van der Waals surface area contributed by atoms with Crippen molar-refractivity contribution in [3.8, 4) is 0 Å². The topological polar surface area (TPSA) is 38.3 Å². The van der Waals surface area contributed by atoms with Crippen molar-refractivity contribution in [2.45, 2.75) is 26.0 Å². The normalized spacial score (nSPS) is 43.1. The average molecular weight is 129 g/mol. The number of nitrogens with one attached hydrogen (secondary N) is 1. The number of carbonyl (C=O) groups is 1. The van der Waals surface area contributed by atoms with Crippen LogP contribution in [0.15, 0.2) is 0 Å². The van der Waals surface area contributed by atoms with Crippen LogP contribution in [-0.4, -0.2) is 18.4 Å². The molecule has 1 rings (SSSR count). The summed E-state index contributed by atoms with van der Waals surface area (Å²) in [5.41, 5.74) is 2.74. The molecule has 0 aromatic rings. The van der Waals surface area contributed by atoms with E-state index in [4.69, 9.17) is 4.84 Å². The van der Waals surface area contributed by atoms with Crippen LogP contribution >= 0.6 is 0 Å². The number of hydrogen-bond donors (Lipinski definition) is 1. The first-order valence-electron chi connectivity index (χ1n) is 3.12. The second-order valence-corrected chi connectivity index (χ2v) is 2.44. The van der Waals surface area contributed by atoms with Crippen LogP contribution in [0, 0.1) is 5.92 Å². The molecular formula is C6H11NO2. The smallest absolute Gasteiger partial charge is 0.127 e. The van der Waals surface area contributed by atoms with Gasteiger partial charge in [-0.05, 0) is 13.8 Å². The quantitative estimate of drug-likeness (QED) is 0.511. The van der Waals surface area contributed by atoms with Gasteiger partial charge in [-0.1, -0.05) is 0 Å². The van der Waals surface area contributed by atoms with Gasteiger partial charge >= 0.3 is 0 Å². The van der Waals surface area contributed by atoms with Gasteiger partial charge in [0.1, 0.15) is 6.29 Å². The van der Waals surface area contributed by atoms with E-state index in [-0.39, 0.29) is 18.1 Å². The highest BCUT2D eigenvalue weighted by molar-refractivity contribution is 5.56. The molecule has 3 heteroatoms. The highest BCUT2D eigenvalue weighted by Gasteiger charge is 2.30. The lowest BCUT2D eigenvalue weighted by molar-refractivity contribution is -0.112. The van der Waals surface area contributed by atoms with E-state index in [0.29, 0.717) is 0 Å². The minimum atomic E-state index is 0.0185. The van der Waals surface area contributed by atoms with Gasteiger partial charge in [0, 0.05) is 6.04 Å². The molecule has 0 radical (unpaired) electrons. The molecule has 52 valence electrons. The molecule has 1 heterocycles. The zero-order valence-corrected chi connectivity index (χ0v) is 5.63. The fourth-order valence-electron chi connectivity index (χ4n) is 1.01. The average Bonchev–Trinajstić information content (AvgIpc) is 2.12. The zero-order valence-electron chi connectivity index (χ0n) is 5.63. The summed E-state index contributed by atoms with van der Waals surface area (Å²) in [5, 5.41) is 0. The van der Waals surface area contributed by atoms with Crippen LogP contribution in [0.5, 0.6) is 0 Å². The summed E-state index contributed by atoms with van der Waals surface area (Å²) in [4.78, 5) is 15.3. The largest absolute Gasteiger partial charge is 0.303 e. The maximum atomic E-state index is 10.3. The Labute approximate surface area is 54.3 Å². The maximum Gasteiger partial charge on any atom is 0.127 e. The lowest BCUT2D eigenvalue weighted by Gasteiger charge is -2.05. The molecule has 0 bridgehead atoms. The van der Waals surface area contributed by atoms with Crippen LogP contribution in [0.4, 0.5) is 0 Å². The van der Waals surface area contributed by atoms with Crippen LogP contribution < -0.4 is 5.48 Å². The summed E-state index contributed by atoms with van der Waals surface area (Å²) in [5.74, 6) is 0.0185. The summed E-state index contributed by atoms with van der Waals surface area (Å²) in [7, 11) is 0. The van der Waals surface area contributed by atoms with Gasteiger partial charge in [0.2, 0.25) is 0 Å². The molecule has 0 aromatic carbocycles. The molecular weight excluding hydrogens is 118 g/mol. The van der Waals surface area contributed by atoms with Crippen molar-refractivity contribution in [3.63, 3.8) is 0 Å². The molecule has 0 spiro atoms. The third kappa shape index (κ3) is 1.11. The molecule has 1 N–H and O–H groups in total. The van der Waals surface area contributed by atoms with E-state index in [2.05, 4.69) is 5.48 Å². The van der Waals surface area contributed by atoms with E-state index in [0.717, 1.165) is 6.29 Å². The van der Waals surface area contributed by atoms with Crippen LogP contribution in [0.1, 0.15) is 13.8 Å². The standard InChI is InChI=1S/C6H11NO2/c1-4-6(3-8)5(2)9-7-4/h3-7H,1-2H3. The minimum Gasteiger partial charge on any atom is -0.303 e. The fourth-order valence-corrected chi connectivity index (χ4v) is 1.01. The SMILES string of the molecule is CC1NOC(C)C1C=O. The Morgan fingerprint density at radius 3 is 2.44 bits per heavy atom. The summed E-state index contributed by atoms with van der Waals surface area (Å²) in [6.07, 6.45) is 0.965. The molecule has 0 aliphatic carbocycles. The third-order valence-electron chi connectivity index (χ3n) is 1.72. The Bertz CT molecular complexity index is 106. The highest BCUT2D eigenvalue weighted by atomic mass is 16.7. The Balaban J connectivity index is 2.54. The molecule has 0 amide bonds. The summed E-state index contributed by atoms with van der Waals surface area (Å²) in [6.45, 7) is 3.82. The summed E-state index contributed by atoms with van der Waals surface area (Å²) in [6, 6.07) is 0.164. The molecule has 3 nitrogen and oxygen atoms in total. The molecule has 1 aliphatic rings. The molecule has 0 saturated carbocycles. The third-order valence-corrected chi connectivity index (χ3v) is 1.72. The van der Waals surface area contributed by atoms with Crippen molar-refractivity contribution in [1.82, 2.24) is 5.48 Å². The monoisotopic (exact) mass is 129 g/mol. The minimum absolute atomic E-state index is 0.0185. The number of rotatable bonds is 1. The Kier molecular flexibility index (Phi) is 1.83. The van der Waals surface area contributed by atoms with Gasteiger partial charge in [-0.15, -0.1) is 0 Å². The van der Waals surface area contributed by atoms with Crippen LogP contribution in [0.25, 0.3) is 0 Å². The molecule has 1 aliphatic heterocycles. The van der Waals surface area contributed by atoms with E-state index in [9.17, 15) is 4.79 Å². The number of aldehydes is 1. The van der Waals surface area contributed by atoms with Crippen molar-refractivity contribution in [1.29, 1.82) is 0 Å². The predicted octanol–water partition coefficient (Wildman–Crippen LogP) is 0.113. The molecule has 1 fully saturated rings. The van der Waals surface area contributed by atoms with Crippen LogP contribution in [-0.2, 0) is 9.63 Å². The Morgan fingerprint density at radius 2 is 2.22 bits per heavy atom. The second kappa shape index (κ2) is 2.45. The second-order valence-electron chi connectivity index (χ2n) is 2.44. The number of hydrogen-bond acceptors (Lipinski definition) is 3. The first-order chi connectivity index (χ1) is 4.25. The Hall–Kier alpha value is -0.410. The Morgan fingerprint density at radius 1 is 1.56 bits per heavy atom. The zero-order chi connectivity index (χ0) is 6.85. The van der Waals surface area contributed by atoms with Crippen molar-refractivity contribution < 1.29 is 9.63 Å². The molecule has 0 aromatic heterocycles. The van der Waals surface area contributed by atoms with Gasteiger partial charge in [0.05, 0.1) is 12.0 Å². The van der Waals surface area contributed by atoms with E-state index in [1.807, 2.05) is 13.8 Å². The summed E-state index contributed by atoms with van der Waals surface area (Å²) >= 11 is 0. The van der Waals surface area contributed by atoms with Gasteiger partial charge in [-0.2, -0.15) is 5.48 Å². The number of carbonyl (C=O) groups excluding carboxylic acids is 1. The fraction of sp³-hybridized carbons (Fsp3) is 0.833.